The van der Waals surface area contributed by atoms with Crippen molar-refractivity contribution in [2.45, 2.75) is 61.2 Å². The summed E-state index contributed by atoms with van der Waals surface area (Å²) in [6.07, 6.45) is -14.9. The topological polar surface area (TPSA) is 255 Å². The predicted molar refractivity (Wildman–Crippen MR) is 183 cm³/mol. The van der Waals surface area contributed by atoms with Crippen LogP contribution in [-0.2, 0) is 23.7 Å². The van der Waals surface area contributed by atoms with Crippen molar-refractivity contribution in [1.29, 1.82) is 0 Å². The van der Waals surface area contributed by atoms with E-state index in [2.05, 4.69) is 0 Å². The minimum absolute atomic E-state index is 0.0127. The number of aliphatic hydroxyl groups is 6. The van der Waals surface area contributed by atoms with Crippen molar-refractivity contribution < 1.29 is 73.7 Å². The lowest BCUT2D eigenvalue weighted by atomic mass is 9.89. The van der Waals surface area contributed by atoms with E-state index in [4.69, 9.17) is 28.1 Å². The van der Waals surface area contributed by atoms with Crippen LogP contribution < -0.4 is 10.2 Å². The Morgan fingerprint density at radius 2 is 1.55 bits per heavy atom. The molecule has 0 spiro atoms. The molecule has 0 aliphatic carbocycles. The lowest BCUT2D eigenvalue weighted by Gasteiger charge is -2.46. The molecule has 16 nitrogen and oxygen atoms in total. The van der Waals surface area contributed by atoms with Crippen molar-refractivity contribution in [3.63, 3.8) is 0 Å². The number of hydrogen-bond acceptors (Lipinski definition) is 16. The first-order valence-corrected chi connectivity index (χ1v) is 16.5. The van der Waals surface area contributed by atoms with Crippen LogP contribution in [0.5, 0.6) is 17.2 Å². The summed E-state index contributed by atoms with van der Waals surface area (Å²) in [5.74, 6) is -1.59. The zero-order valence-electron chi connectivity index (χ0n) is 28.0. The Morgan fingerprint density at radius 3 is 2.23 bits per heavy atom. The second-order valence-corrected chi connectivity index (χ2v) is 12.5. The van der Waals surface area contributed by atoms with E-state index in [1.54, 1.807) is 30.3 Å². The Balaban J connectivity index is 1.31. The highest BCUT2D eigenvalue weighted by Crippen LogP contribution is 2.46. The number of rotatable bonds is 10. The van der Waals surface area contributed by atoms with Gasteiger partial charge in [0.15, 0.2) is 11.7 Å². The molecule has 0 unspecified atom stereocenters. The fourth-order valence-corrected chi connectivity index (χ4v) is 6.24. The number of fused-ring (bicyclic) bond motifs is 1. The van der Waals surface area contributed by atoms with Crippen LogP contribution in [0, 0.1) is 0 Å². The number of hydrogen-bond donors (Lipinski definition) is 8. The third kappa shape index (κ3) is 7.77. The summed E-state index contributed by atoms with van der Waals surface area (Å²) in [5, 5.41) is 85.2. The molecule has 53 heavy (non-hydrogen) atoms. The van der Waals surface area contributed by atoms with Gasteiger partial charge in [-0.1, -0.05) is 30.3 Å². The minimum atomic E-state index is -1.96. The minimum Gasteiger partial charge on any atom is -0.508 e. The molecule has 282 valence electrons. The highest BCUT2D eigenvalue weighted by Gasteiger charge is 2.52. The highest BCUT2D eigenvalue weighted by atomic mass is 16.7. The molecule has 10 atom stereocenters. The van der Waals surface area contributed by atoms with Crippen LogP contribution in [0.4, 0.5) is 0 Å². The first kappa shape index (κ1) is 37.9. The maximum Gasteiger partial charge on any atom is 0.330 e. The van der Waals surface area contributed by atoms with E-state index in [0.717, 1.165) is 12.1 Å². The number of phenols is 2. The second-order valence-electron chi connectivity index (χ2n) is 12.5. The molecule has 8 N–H and O–H groups in total. The van der Waals surface area contributed by atoms with Gasteiger partial charge in [-0.15, -0.1) is 0 Å². The average molecular weight is 739 g/mol. The van der Waals surface area contributed by atoms with Crippen LogP contribution in [0.15, 0.2) is 82.0 Å². The van der Waals surface area contributed by atoms with Gasteiger partial charge in [0.25, 0.3) is 0 Å². The van der Waals surface area contributed by atoms with Gasteiger partial charge < -0.3 is 69.0 Å². The molecule has 4 aromatic rings. The molecule has 2 fully saturated rings. The largest absolute Gasteiger partial charge is 0.508 e. The smallest absolute Gasteiger partial charge is 0.330 e. The molecule has 3 aromatic carbocycles. The van der Waals surface area contributed by atoms with Gasteiger partial charge in [-0.2, -0.15) is 0 Å². The molecule has 3 heterocycles. The van der Waals surface area contributed by atoms with E-state index in [1.807, 2.05) is 0 Å². The van der Waals surface area contributed by atoms with Crippen molar-refractivity contribution in [3.05, 3.63) is 94.2 Å². The Labute approximate surface area is 300 Å². The fourth-order valence-electron chi connectivity index (χ4n) is 6.24. The van der Waals surface area contributed by atoms with Gasteiger partial charge in [0.05, 0.1) is 19.3 Å². The molecule has 2 aliphatic rings. The van der Waals surface area contributed by atoms with Crippen LogP contribution in [0.2, 0.25) is 0 Å². The number of phenolic OH excluding ortho intramolecular Hbond substituents is 2. The monoisotopic (exact) mass is 738 g/mol. The SMILES string of the molecule is COc1cc2oc(-c3ccc(O)cc3)cc(=O)c2c(O)c1[C@@H]1O[C@H](CO)[C@@H](O)[C@H](O)[C@H]1O[C@@H]1O[C@H](COC(=O)/C=C/c2ccccc2)[C@@H](O)[C@H](O)[C@H]1O. The summed E-state index contributed by atoms with van der Waals surface area (Å²) in [4.78, 5) is 25.8. The van der Waals surface area contributed by atoms with Gasteiger partial charge in [0, 0.05) is 23.8 Å². The van der Waals surface area contributed by atoms with E-state index in [1.165, 1.54) is 43.5 Å². The van der Waals surface area contributed by atoms with Crippen molar-refractivity contribution in [2.75, 3.05) is 20.3 Å². The van der Waals surface area contributed by atoms with E-state index >= 15 is 0 Å². The molecular formula is C37H38O16. The maximum absolute atomic E-state index is 13.4. The number of benzene rings is 3. The normalized spacial score (nSPS) is 29.0. The summed E-state index contributed by atoms with van der Waals surface area (Å²) in [6.45, 7) is -1.41. The molecule has 2 aliphatic heterocycles. The van der Waals surface area contributed by atoms with Crippen molar-refractivity contribution in [3.8, 4) is 28.6 Å². The summed E-state index contributed by atoms with van der Waals surface area (Å²) in [5.41, 5.74) is 0.0486. The molecule has 2 saturated heterocycles. The molecule has 6 rings (SSSR count). The first-order chi connectivity index (χ1) is 25.4. The summed E-state index contributed by atoms with van der Waals surface area (Å²) >= 11 is 0. The molecule has 1 aromatic heterocycles. The third-order valence-corrected chi connectivity index (χ3v) is 9.08. The van der Waals surface area contributed by atoms with E-state index in [0.29, 0.717) is 11.1 Å². The maximum atomic E-state index is 13.4. The molecule has 0 saturated carbocycles. The molecule has 0 bridgehead atoms. The Morgan fingerprint density at radius 1 is 0.849 bits per heavy atom. The molecule has 16 heteroatoms. The number of aliphatic hydroxyl groups excluding tert-OH is 6. The number of ether oxygens (including phenoxy) is 5. The van der Waals surface area contributed by atoms with Gasteiger partial charge in [0.2, 0.25) is 0 Å². The van der Waals surface area contributed by atoms with Gasteiger partial charge in [0.1, 0.15) is 95.5 Å². The lowest BCUT2D eigenvalue weighted by Crippen LogP contribution is -2.63. The zero-order chi connectivity index (χ0) is 38.0. The summed E-state index contributed by atoms with van der Waals surface area (Å²) < 4.78 is 34.2. The standard InChI is InChI=1S/C37H38O16/c1-48-22-14-23-27(20(40)13-21(50-23)18-8-10-19(39)11-9-18)31(44)28(22)35-36(33(46)29(42)24(15-38)51-35)53-37-34(47)32(45)30(43)25(52-37)16-49-26(41)12-7-17-5-3-2-4-6-17/h2-14,24-25,29-30,32-39,42-47H,15-16H2,1H3/b12-7+/t24-,25-,29-,30-,32+,33+,34-,35+,36-,37+/m1/s1. The van der Waals surface area contributed by atoms with Gasteiger partial charge >= 0.3 is 5.97 Å². The predicted octanol–water partition coefficient (Wildman–Crippen LogP) is 0.483. The fraction of sp³-hybridized carbons (Fsp3) is 0.351. The number of methoxy groups -OCH3 is 1. The number of esters is 1. The van der Waals surface area contributed by atoms with Gasteiger partial charge in [-0.3, -0.25) is 4.79 Å². The summed E-state index contributed by atoms with van der Waals surface area (Å²) in [6, 6.07) is 17.1. The van der Waals surface area contributed by atoms with Crippen molar-refractivity contribution in [2.24, 2.45) is 0 Å². The van der Waals surface area contributed by atoms with E-state index < -0.39 is 91.6 Å². The molecule has 0 radical (unpaired) electrons. The number of carbonyl (C=O) groups excluding carboxylic acids is 1. The number of carbonyl (C=O) groups is 1. The van der Waals surface area contributed by atoms with Crippen LogP contribution in [0.3, 0.4) is 0 Å². The van der Waals surface area contributed by atoms with Crippen LogP contribution in [0.1, 0.15) is 17.2 Å². The van der Waals surface area contributed by atoms with Crippen LogP contribution in [0.25, 0.3) is 28.4 Å². The van der Waals surface area contributed by atoms with Crippen molar-refractivity contribution >= 4 is 23.0 Å². The van der Waals surface area contributed by atoms with Crippen LogP contribution >= 0.6 is 0 Å². The van der Waals surface area contributed by atoms with Gasteiger partial charge in [-0.05, 0) is 35.9 Å². The molecular weight excluding hydrogens is 700 g/mol. The Bertz CT molecular complexity index is 1980. The average Bonchev–Trinajstić information content (AvgIpc) is 3.16. The Hall–Kier alpha value is -4.88. The third-order valence-electron chi connectivity index (χ3n) is 9.08. The van der Waals surface area contributed by atoms with E-state index in [9.17, 15) is 50.4 Å². The van der Waals surface area contributed by atoms with Gasteiger partial charge in [-0.25, -0.2) is 4.79 Å². The molecule has 0 amide bonds. The Kier molecular flexibility index (Phi) is 11.4. The number of aromatic hydroxyl groups is 2. The van der Waals surface area contributed by atoms with Crippen LogP contribution in [-0.4, -0.2) is 122 Å². The lowest BCUT2D eigenvalue weighted by molar-refractivity contribution is -0.342. The first-order valence-electron chi connectivity index (χ1n) is 16.5. The second kappa shape index (κ2) is 16.0. The quantitative estimate of drug-likeness (QED) is 0.0813. The van der Waals surface area contributed by atoms with Crippen molar-refractivity contribution in [1.82, 2.24) is 0 Å². The van der Waals surface area contributed by atoms with E-state index in [-0.39, 0.29) is 33.8 Å². The zero-order valence-corrected chi connectivity index (χ0v) is 28.0. The highest BCUT2D eigenvalue weighted by molar-refractivity contribution is 5.88. The summed E-state index contributed by atoms with van der Waals surface area (Å²) in [7, 11) is 1.23.